The summed E-state index contributed by atoms with van der Waals surface area (Å²) in [6.07, 6.45) is 5.43. The van der Waals surface area contributed by atoms with Crippen molar-refractivity contribution < 1.29 is 4.79 Å². The van der Waals surface area contributed by atoms with Crippen LogP contribution in [0.15, 0.2) is 42.7 Å². The summed E-state index contributed by atoms with van der Waals surface area (Å²) in [7, 11) is 0. The number of nitrogens with zero attached hydrogens (tertiary/aromatic N) is 5. The van der Waals surface area contributed by atoms with Crippen molar-refractivity contribution in [2.45, 2.75) is 39.7 Å². The first-order chi connectivity index (χ1) is 16.0. The van der Waals surface area contributed by atoms with Crippen LogP contribution >= 0.6 is 11.3 Å². The molecule has 1 atom stereocenters. The van der Waals surface area contributed by atoms with Crippen LogP contribution in [0.5, 0.6) is 0 Å². The van der Waals surface area contributed by atoms with Gasteiger partial charge in [-0.2, -0.15) is 0 Å². The Balaban J connectivity index is 1.58. The molecule has 0 bridgehead atoms. The molecule has 8 heteroatoms. The molecule has 7 nitrogen and oxygen atoms in total. The van der Waals surface area contributed by atoms with Crippen LogP contribution in [0.1, 0.15) is 39.5 Å². The number of carbonyl (C=O) groups excluding carboxylic acids is 1. The zero-order valence-corrected chi connectivity index (χ0v) is 19.8. The quantitative estimate of drug-likeness (QED) is 0.486. The van der Waals surface area contributed by atoms with Crippen LogP contribution in [0.25, 0.3) is 21.3 Å². The van der Waals surface area contributed by atoms with E-state index in [9.17, 15) is 4.79 Å². The summed E-state index contributed by atoms with van der Waals surface area (Å²) in [6, 6.07) is 9.98. The molecule has 5 rings (SSSR count). The highest BCUT2D eigenvalue weighted by molar-refractivity contribution is 7.14. The van der Waals surface area contributed by atoms with Crippen molar-refractivity contribution in [1.82, 2.24) is 25.5 Å². The number of pyridine rings is 2. The van der Waals surface area contributed by atoms with E-state index >= 15 is 0 Å². The normalized spacial score (nSPS) is 16.2. The highest BCUT2D eigenvalue weighted by Crippen LogP contribution is 2.32. The summed E-state index contributed by atoms with van der Waals surface area (Å²) in [5.74, 6) is 0.568. The van der Waals surface area contributed by atoms with E-state index in [1.807, 2.05) is 24.0 Å². The smallest absolute Gasteiger partial charge is 0.278 e. The molecule has 1 saturated heterocycles. The van der Waals surface area contributed by atoms with Crippen molar-refractivity contribution >= 4 is 33.8 Å². The average molecular weight is 459 g/mol. The van der Waals surface area contributed by atoms with Gasteiger partial charge in [-0.05, 0) is 69.3 Å². The molecule has 0 spiro atoms. The molecule has 4 heterocycles. The van der Waals surface area contributed by atoms with E-state index in [4.69, 9.17) is 4.98 Å². The lowest BCUT2D eigenvalue weighted by Crippen LogP contribution is -2.49. The second kappa shape index (κ2) is 8.96. The number of carbonyl (C=O) groups is 1. The molecule has 1 aliphatic rings. The van der Waals surface area contributed by atoms with Gasteiger partial charge in [0, 0.05) is 29.9 Å². The van der Waals surface area contributed by atoms with Crippen molar-refractivity contribution in [3.8, 4) is 10.6 Å². The van der Waals surface area contributed by atoms with Gasteiger partial charge in [-0.1, -0.05) is 29.0 Å². The highest BCUT2D eigenvalue weighted by atomic mass is 32.1. The summed E-state index contributed by atoms with van der Waals surface area (Å²) in [6.45, 7) is 7.79. The SMILES string of the molecule is Cc1cc(C)c2c(N(C(=O)c3ccc(-c4nnc(C)s4)cn3)[C@@H]3CCCNC3)nccc2c1. The van der Waals surface area contributed by atoms with Crippen LogP contribution in [0.3, 0.4) is 0 Å². The fourth-order valence-corrected chi connectivity index (χ4v) is 5.23. The zero-order valence-electron chi connectivity index (χ0n) is 19.0. The van der Waals surface area contributed by atoms with Gasteiger partial charge >= 0.3 is 0 Å². The maximum absolute atomic E-state index is 13.9. The largest absolute Gasteiger partial charge is 0.315 e. The zero-order chi connectivity index (χ0) is 22.9. The molecule has 3 aromatic heterocycles. The molecule has 1 amide bonds. The summed E-state index contributed by atoms with van der Waals surface area (Å²) in [5.41, 5.74) is 3.56. The number of benzene rings is 1. The fraction of sp³-hybridized carbons (Fsp3) is 0.320. The van der Waals surface area contributed by atoms with Crippen LogP contribution in [-0.2, 0) is 0 Å². The van der Waals surface area contributed by atoms with Crippen molar-refractivity contribution in [2.75, 3.05) is 18.0 Å². The number of amides is 1. The lowest BCUT2D eigenvalue weighted by atomic mass is 10.0. The third-order valence-electron chi connectivity index (χ3n) is 6.02. The predicted octanol–water partition coefficient (Wildman–Crippen LogP) is 4.47. The van der Waals surface area contributed by atoms with Gasteiger partial charge in [-0.15, -0.1) is 10.2 Å². The number of hydrogen-bond donors (Lipinski definition) is 1. The lowest BCUT2D eigenvalue weighted by Gasteiger charge is -2.34. The van der Waals surface area contributed by atoms with Gasteiger partial charge in [0.05, 0.1) is 6.04 Å². The maximum atomic E-state index is 13.9. The Hall–Kier alpha value is -3.23. The van der Waals surface area contributed by atoms with Crippen LogP contribution in [0.4, 0.5) is 5.82 Å². The van der Waals surface area contributed by atoms with Gasteiger partial charge < -0.3 is 5.32 Å². The number of fused-ring (bicyclic) bond motifs is 1. The second-order valence-electron chi connectivity index (χ2n) is 8.55. The van der Waals surface area contributed by atoms with Gasteiger partial charge in [0.1, 0.15) is 21.5 Å². The topological polar surface area (TPSA) is 83.9 Å². The minimum atomic E-state index is -0.135. The minimum absolute atomic E-state index is 0.0114. The Bertz CT molecular complexity index is 1310. The third kappa shape index (κ3) is 4.24. The maximum Gasteiger partial charge on any atom is 0.278 e. The van der Waals surface area contributed by atoms with Crippen molar-refractivity contribution in [1.29, 1.82) is 0 Å². The first-order valence-electron chi connectivity index (χ1n) is 11.2. The number of aromatic nitrogens is 4. The Morgan fingerprint density at radius 1 is 1.12 bits per heavy atom. The molecule has 0 radical (unpaired) electrons. The fourth-order valence-electron chi connectivity index (χ4n) is 4.54. The lowest BCUT2D eigenvalue weighted by molar-refractivity contribution is 0.0967. The van der Waals surface area contributed by atoms with Crippen LogP contribution in [-0.4, -0.2) is 45.2 Å². The molecule has 33 heavy (non-hydrogen) atoms. The van der Waals surface area contributed by atoms with Crippen molar-refractivity contribution in [3.05, 3.63) is 64.6 Å². The highest BCUT2D eigenvalue weighted by Gasteiger charge is 2.31. The molecule has 0 saturated carbocycles. The number of anilines is 1. The molecule has 0 aliphatic carbocycles. The second-order valence-corrected chi connectivity index (χ2v) is 9.73. The number of hydrogen-bond acceptors (Lipinski definition) is 7. The number of piperidine rings is 1. The van der Waals surface area contributed by atoms with E-state index in [0.717, 1.165) is 57.8 Å². The molecule has 1 N–H and O–H groups in total. The first-order valence-corrected chi connectivity index (χ1v) is 12.0. The van der Waals surface area contributed by atoms with E-state index in [0.29, 0.717) is 11.5 Å². The molecular weight excluding hydrogens is 432 g/mol. The molecule has 1 aliphatic heterocycles. The molecular formula is C25H26N6OS. The molecule has 4 aromatic rings. The molecule has 1 fully saturated rings. The summed E-state index contributed by atoms with van der Waals surface area (Å²) in [5, 5.41) is 15.5. The van der Waals surface area contributed by atoms with E-state index < -0.39 is 0 Å². The molecule has 168 valence electrons. The predicted molar refractivity (Wildman–Crippen MR) is 132 cm³/mol. The summed E-state index contributed by atoms with van der Waals surface area (Å²) in [4.78, 5) is 25.0. The Labute approximate surface area is 196 Å². The summed E-state index contributed by atoms with van der Waals surface area (Å²) >= 11 is 1.51. The Kier molecular flexibility index (Phi) is 5.86. The molecule has 0 unspecified atom stereocenters. The number of aryl methyl sites for hydroxylation is 3. The van der Waals surface area contributed by atoms with E-state index in [-0.39, 0.29) is 11.9 Å². The molecule has 1 aromatic carbocycles. The van der Waals surface area contributed by atoms with Crippen molar-refractivity contribution in [2.24, 2.45) is 0 Å². The monoisotopic (exact) mass is 458 g/mol. The first kappa shape index (κ1) is 21.6. The van der Waals surface area contributed by atoms with E-state index in [2.05, 4.69) is 46.5 Å². The van der Waals surface area contributed by atoms with Crippen LogP contribution < -0.4 is 10.2 Å². The van der Waals surface area contributed by atoms with Crippen molar-refractivity contribution in [3.63, 3.8) is 0 Å². The van der Waals surface area contributed by atoms with Gasteiger partial charge in [-0.25, -0.2) is 4.98 Å². The third-order valence-corrected chi connectivity index (χ3v) is 6.91. The van der Waals surface area contributed by atoms with Crippen LogP contribution in [0, 0.1) is 20.8 Å². The van der Waals surface area contributed by atoms with Crippen LogP contribution in [0.2, 0.25) is 0 Å². The minimum Gasteiger partial charge on any atom is -0.315 e. The summed E-state index contributed by atoms with van der Waals surface area (Å²) < 4.78 is 0. The standard InChI is InChI=1S/C25H26N6OS/c1-15-11-16(2)22-18(12-15)8-10-27-23(22)31(20-5-4-9-26-14-20)25(32)21-7-6-19(13-28-21)24-30-29-17(3)33-24/h6-8,10-13,20,26H,4-5,9,14H2,1-3H3/t20-/m1/s1. The Morgan fingerprint density at radius 3 is 2.70 bits per heavy atom. The van der Waals surface area contributed by atoms with Gasteiger partial charge in [0.15, 0.2) is 0 Å². The van der Waals surface area contributed by atoms with Gasteiger partial charge in [-0.3, -0.25) is 14.7 Å². The average Bonchev–Trinajstić information content (AvgIpc) is 3.26. The van der Waals surface area contributed by atoms with E-state index in [1.54, 1.807) is 18.5 Å². The van der Waals surface area contributed by atoms with E-state index in [1.165, 1.54) is 16.9 Å². The van der Waals surface area contributed by atoms with Gasteiger partial charge in [0.2, 0.25) is 0 Å². The number of rotatable bonds is 4. The Morgan fingerprint density at radius 2 is 2.00 bits per heavy atom. The number of nitrogens with one attached hydrogen (secondary N) is 1. The van der Waals surface area contributed by atoms with Gasteiger partial charge in [0.25, 0.3) is 5.91 Å².